The molecule has 2 rings (SSSR count). The van der Waals surface area contributed by atoms with E-state index in [2.05, 4.69) is 28.2 Å². The maximum Gasteiger partial charge on any atom is 0.244 e. The van der Waals surface area contributed by atoms with Gasteiger partial charge in [-0.2, -0.15) is 0 Å². The summed E-state index contributed by atoms with van der Waals surface area (Å²) in [7, 11) is 0. The number of nitrogens with two attached hydrogens (primary N) is 1. The average molecular weight is 327 g/mol. The summed E-state index contributed by atoms with van der Waals surface area (Å²) in [5, 5.41) is 12.5. The molecule has 1 saturated carbocycles. The first-order valence-electron chi connectivity index (χ1n) is 6.49. The first-order valence-corrected chi connectivity index (χ1v) is 7.29. The van der Waals surface area contributed by atoms with Gasteiger partial charge in [0.05, 0.1) is 11.2 Å². The molecule has 1 fully saturated rings. The largest absolute Gasteiger partial charge is 0.506 e. The van der Waals surface area contributed by atoms with E-state index < -0.39 is 5.54 Å². The zero-order chi connectivity index (χ0) is 14.0. The van der Waals surface area contributed by atoms with Crippen molar-refractivity contribution in [2.75, 3.05) is 5.32 Å². The quantitative estimate of drug-likeness (QED) is 0.731. The third kappa shape index (κ3) is 3.28. The van der Waals surface area contributed by atoms with E-state index in [0.717, 1.165) is 17.3 Å². The fourth-order valence-corrected chi connectivity index (χ4v) is 3.01. The number of carbonyl (C=O) groups is 1. The predicted molar refractivity (Wildman–Crippen MR) is 79.0 cm³/mol. The highest BCUT2D eigenvalue weighted by molar-refractivity contribution is 9.10. The fourth-order valence-electron chi connectivity index (χ4n) is 2.65. The van der Waals surface area contributed by atoms with E-state index >= 15 is 0 Å². The van der Waals surface area contributed by atoms with E-state index in [1.165, 1.54) is 6.07 Å². The van der Waals surface area contributed by atoms with E-state index in [0.29, 0.717) is 24.4 Å². The Hall–Kier alpha value is -1.07. The normalized spacial score (nSPS) is 27.0. The van der Waals surface area contributed by atoms with Crippen molar-refractivity contribution in [2.24, 2.45) is 11.7 Å². The molecule has 5 heteroatoms. The molecule has 1 amide bonds. The van der Waals surface area contributed by atoms with Crippen LogP contribution in [0.25, 0.3) is 0 Å². The van der Waals surface area contributed by atoms with Crippen molar-refractivity contribution < 1.29 is 9.90 Å². The molecule has 1 aliphatic rings. The maximum atomic E-state index is 12.3. The number of anilines is 1. The van der Waals surface area contributed by atoms with Gasteiger partial charge in [0.25, 0.3) is 0 Å². The number of phenols is 1. The van der Waals surface area contributed by atoms with Crippen LogP contribution in [0.3, 0.4) is 0 Å². The molecule has 0 bridgehead atoms. The second kappa shape index (κ2) is 5.51. The van der Waals surface area contributed by atoms with Gasteiger partial charge >= 0.3 is 0 Å². The maximum absolute atomic E-state index is 12.3. The molecule has 2 unspecified atom stereocenters. The number of amides is 1. The van der Waals surface area contributed by atoms with Crippen LogP contribution in [-0.4, -0.2) is 16.6 Å². The topological polar surface area (TPSA) is 75.4 Å². The third-order valence-electron chi connectivity index (χ3n) is 3.69. The van der Waals surface area contributed by atoms with E-state index in [1.54, 1.807) is 12.1 Å². The van der Waals surface area contributed by atoms with Crippen LogP contribution in [0.15, 0.2) is 22.7 Å². The van der Waals surface area contributed by atoms with Crippen LogP contribution in [0.1, 0.15) is 32.6 Å². The Bertz CT molecular complexity index is 492. The molecule has 1 aromatic rings. The van der Waals surface area contributed by atoms with Crippen molar-refractivity contribution >= 4 is 27.5 Å². The van der Waals surface area contributed by atoms with Gasteiger partial charge in [0.1, 0.15) is 5.75 Å². The molecular formula is C14H19BrN2O2. The molecule has 4 nitrogen and oxygen atoms in total. The van der Waals surface area contributed by atoms with Crippen molar-refractivity contribution in [1.29, 1.82) is 0 Å². The van der Waals surface area contributed by atoms with E-state index in [-0.39, 0.29) is 11.7 Å². The van der Waals surface area contributed by atoms with Crippen molar-refractivity contribution in [3.8, 4) is 5.75 Å². The van der Waals surface area contributed by atoms with Gasteiger partial charge < -0.3 is 16.2 Å². The Balaban J connectivity index is 2.14. The minimum atomic E-state index is -0.827. The summed E-state index contributed by atoms with van der Waals surface area (Å²) in [6, 6.07) is 4.92. The van der Waals surface area contributed by atoms with Crippen LogP contribution >= 0.6 is 15.9 Å². The monoisotopic (exact) mass is 326 g/mol. The van der Waals surface area contributed by atoms with Crippen LogP contribution in [0, 0.1) is 5.92 Å². The number of hydrogen-bond acceptors (Lipinski definition) is 3. The summed E-state index contributed by atoms with van der Waals surface area (Å²) in [6.45, 7) is 2.12. The van der Waals surface area contributed by atoms with Crippen LogP contribution in [0.5, 0.6) is 5.75 Å². The van der Waals surface area contributed by atoms with Gasteiger partial charge in [-0.3, -0.25) is 4.79 Å². The lowest BCUT2D eigenvalue weighted by Crippen LogP contribution is -2.53. The fraction of sp³-hybridized carbons (Fsp3) is 0.500. The van der Waals surface area contributed by atoms with Crippen LogP contribution < -0.4 is 11.1 Å². The number of carbonyl (C=O) groups excluding carboxylic acids is 1. The Morgan fingerprint density at radius 3 is 3.00 bits per heavy atom. The smallest absolute Gasteiger partial charge is 0.244 e. The highest BCUT2D eigenvalue weighted by Gasteiger charge is 2.38. The molecule has 1 aliphatic carbocycles. The van der Waals surface area contributed by atoms with Gasteiger partial charge in [-0.15, -0.1) is 0 Å². The van der Waals surface area contributed by atoms with Crippen molar-refractivity contribution in [3.05, 3.63) is 22.7 Å². The minimum Gasteiger partial charge on any atom is -0.506 e. The van der Waals surface area contributed by atoms with Gasteiger partial charge in [0, 0.05) is 4.47 Å². The first kappa shape index (κ1) is 14.3. The summed E-state index contributed by atoms with van der Waals surface area (Å²) in [5.74, 6) is 0.289. The lowest BCUT2D eigenvalue weighted by atomic mass is 9.76. The Kier molecular flexibility index (Phi) is 4.16. The van der Waals surface area contributed by atoms with E-state index in [9.17, 15) is 9.90 Å². The number of halogens is 1. The number of aromatic hydroxyl groups is 1. The highest BCUT2D eigenvalue weighted by atomic mass is 79.9. The lowest BCUT2D eigenvalue weighted by molar-refractivity contribution is -0.122. The molecule has 0 aliphatic heterocycles. The first-order chi connectivity index (χ1) is 8.90. The second-order valence-corrected chi connectivity index (χ2v) is 6.39. The number of hydrogen-bond donors (Lipinski definition) is 3. The standard InChI is InChI=1S/C14H19BrN2O2/c1-9-3-2-6-14(16,8-9)13(19)17-11-7-10(15)4-5-12(11)18/h4-5,7,9,18H,2-3,6,8,16H2,1H3,(H,17,19). The minimum absolute atomic E-state index is 0.0454. The van der Waals surface area contributed by atoms with Gasteiger partial charge in [0.2, 0.25) is 5.91 Å². The van der Waals surface area contributed by atoms with Crippen molar-refractivity contribution in [1.82, 2.24) is 0 Å². The molecule has 104 valence electrons. The predicted octanol–water partition coefficient (Wildman–Crippen LogP) is 3.00. The van der Waals surface area contributed by atoms with E-state index in [4.69, 9.17) is 5.73 Å². The van der Waals surface area contributed by atoms with Crippen LogP contribution in [-0.2, 0) is 4.79 Å². The number of phenolic OH excluding ortho intramolecular Hbond substituents is 1. The summed E-state index contributed by atoms with van der Waals surface area (Å²) in [4.78, 5) is 12.3. The Morgan fingerprint density at radius 2 is 2.32 bits per heavy atom. The van der Waals surface area contributed by atoms with Crippen LogP contribution in [0.2, 0.25) is 0 Å². The third-order valence-corrected chi connectivity index (χ3v) is 4.18. The summed E-state index contributed by atoms with van der Waals surface area (Å²) in [5.41, 5.74) is 5.79. The zero-order valence-corrected chi connectivity index (χ0v) is 12.5. The van der Waals surface area contributed by atoms with E-state index in [1.807, 2.05) is 0 Å². The number of benzene rings is 1. The zero-order valence-electron chi connectivity index (χ0n) is 10.9. The molecule has 0 saturated heterocycles. The highest BCUT2D eigenvalue weighted by Crippen LogP contribution is 2.33. The number of nitrogens with one attached hydrogen (secondary N) is 1. The molecule has 0 spiro atoms. The molecule has 0 radical (unpaired) electrons. The molecule has 4 N–H and O–H groups in total. The summed E-state index contributed by atoms with van der Waals surface area (Å²) < 4.78 is 0.795. The Morgan fingerprint density at radius 1 is 1.58 bits per heavy atom. The SMILES string of the molecule is CC1CCCC(N)(C(=O)Nc2cc(Br)ccc2O)C1. The van der Waals surface area contributed by atoms with Crippen LogP contribution in [0.4, 0.5) is 5.69 Å². The Labute approximate surface area is 121 Å². The molecule has 19 heavy (non-hydrogen) atoms. The molecule has 0 aromatic heterocycles. The molecule has 2 atom stereocenters. The summed E-state index contributed by atoms with van der Waals surface area (Å²) >= 11 is 3.31. The van der Waals surface area contributed by atoms with Gasteiger partial charge in [-0.05, 0) is 37.0 Å². The summed E-state index contributed by atoms with van der Waals surface area (Å²) in [6.07, 6.45) is 3.47. The second-order valence-electron chi connectivity index (χ2n) is 5.47. The van der Waals surface area contributed by atoms with Gasteiger partial charge in [0.15, 0.2) is 0 Å². The number of rotatable bonds is 2. The van der Waals surface area contributed by atoms with Crippen molar-refractivity contribution in [3.63, 3.8) is 0 Å². The van der Waals surface area contributed by atoms with Crippen molar-refractivity contribution in [2.45, 2.75) is 38.1 Å². The molecule has 0 heterocycles. The van der Waals surface area contributed by atoms with Gasteiger partial charge in [-0.25, -0.2) is 0 Å². The lowest BCUT2D eigenvalue weighted by Gasteiger charge is -2.35. The van der Waals surface area contributed by atoms with Gasteiger partial charge in [-0.1, -0.05) is 35.7 Å². The molecule has 1 aromatic carbocycles. The molecular weight excluding hydrogens is 308 g/mol. The average Bonchev–Trinajstić information content (AvgIpc) is 2.33.